The monoisotopic (exact) mass is 336 g/mol. The molecule has 0 unspecified atom stereocenters. The first-order valence-corrected chi connectivity index (χ1v) is 8.21. The van der Waals surface area contributed by atoms with E-state index in [-0.39, 0.29) is 10.6 Å². The van der Waals surface area contributed by atoms with Gasteiger partial charge in [-0.2, -0.15) is 0 Å². The number of hydrogen-bond donors (Lipinski definition) is 3. The van der Waals surface area contributed by atoms with Crippen molar-refractivity contribution in [3.05, 3.63) is 17.0 Å². The molecule has 0 radical (unpaired) electrons. The van der Waals surface area contributed by atoms with Crippen molar-refractivity contribution in [3.63, 3.8) is 0 Å². The van der Waals surface area contributed by atoms with Crippen LogP contribution in [0.25, 0.3) is 0 Å². The fourth-order valence-corrected chi connectivity index (χ4v) is 3.71. The van der Waals surface area contributed by atoms with Crippen molar-refractivity contribution in [1.82, 2.24) is 10.0 Å². The Morgan fingerprint density at radius 3 is 2.71 bits per heavy atom. The van der Waals surface area contributed by atoms with Crippen molar-refractivity contribution in [2.45, 2.75) is 10.6 Å². The van der Waals surface area contributed by atoms with Gasteiger partial charge in [-0.3, -0.25) is 9.59 Å². The second kappa shape index (κ2) is 8.08. The fraction of sp³-hybridized carbons (Fsp3) is 0.455. The van der Waals surface area contributed by atoms with Crippen LogP contribution in [-0.2, 0) is 30.8 Å². The van der Waals surface area contributed by atoms with Gasteiger partial charge in [0.2, 0.25) is 5.91 Å². The summed E-state index contributed by atoms with van der Waals surface area (Å²) in [6, 6.07) is 2.75. The zero-order valence-corrected chi connectivity index (χ0v) is 12.9. The van der Waals surface area contributed by atoms with Gasteiger partial charge in [0.05, 0.1) is 19.6 Å². The molecule has 1 rings (SSSR count). The third kappa shape index (κ3) is 6.21. The van der Waals surface area contributed by atoms with Gasteiger partial charge in [0.25, 0.3) is 10.0 Å². The quantitative estimate of drug-likeness (QED) is 0.519. The maximum Gasteiger partial charge on any atom is 0.308 e. The average Bonchev–Trinajstić information content (AvgIpc) is 2.85. The summed E-state index contributed by atoms with van der Waals surface area (Å²) >= 11 is 0.858. The number of thiophene rings is 1. The molecule has 0 bridgehead atoms. The molecule has 1 aromatic heterocycles. The number of methoxy groups -OCH3 is 1. The highest BCUT2D eigenvalue weighted by Crippen LogP contribution is 2.21. The summed E-state index contributed by atoms with van der Waals surface area (Å²) in [5.41, 5.74) is 0. The topological polar surface area (TPSA) is 122 Å². The van der Waals surface area contributed by atoms with Crippen LogP contribution < -0.4 is 10.0 Å². The van der Waals surface area contributed by atoms with Crippen molar-refractivity contribution in [3.8, 4) is 0 Å². The molecule has 0 fully saturated rings. The van der Waals surface area contributed by atoms with Crippen molar-refractivity contribution in [2.24, 2.45) is 0 Å². The molecule has 0 aromatic carbocycles. The van der Waals surface area contributed by atoms with Crippen molar-refractivity contribution >= 4 is 33.2 Å². The maximum atomic E-state index is 11.9. The molecular weight excluding hydrogens is 320 g/mol. The van der Waals surface area contributed by atoms with E-state index in [1.54, 1.807) is 0 Å². The number of nitrogens with one attached hydrogen (secondary N) is 2. The lowest BCUT2D eigenvalue weighted by Crippen LogP contribution is -2.37. The molecule has 1 aromatic rings. The Labute approximate surface area is 126 Å². The van der Waals surface area contributed by atoms with Gasteiger partial charge < -0.3 is 15.2 Å². The largest absolute Gasteiger partial charge is 0.481 e. The molecular formula is C11H16N2O6S2. The molecule has 118 valence electrons. The van der Waals surface area contributed by atoms with E-state index < -0.39 is 28.4 Å². The van der Waals surface area contributed by atoms with E-state index in [9.17, 15) is 18.0 Å². The maximum absolute atomic E-state index is 11.9. The van der Waals surface area contributed by atoms with E-state index in [2.05, 4.69) is 10.0 Å². The van der Waals surface area contributed by atoms with E-state index in [4.69, 9.17) is 9.84 Å². The van der Waals surface area contributed by atoms with E-state index >= 15 is 0 Å². The normalized spacial score (nSPS) is 11.3. The molecule has 0 saturated carbocycles. The number of rotatable bonds is 9. The summed E-state index contributed by atoms with van der Waals surface area (Å²) in [5, 5.41) is 11.1. The Morgan fingerprint density at radius 1 is 1.38 bits per heavy atom. The molecule has 0 aliphatic heterocycles. The number of carboxylic acids is 1. The van der Waals surface area contributed by atoms with Crippen LogP contribution in [0, 0.1) is 0 Å². The van der Waals surface area contributed by atoms with Crippen LogP contribution in [0.1, 0.15) is 4.88 Å². The summed E-state index contributed by atoms with van der Waals surface area (Å²) in [7, 11) is -2.33. The van der Waals surface area contributed by atoms with E-state index in [0.717, 1.165) is 11.3 Å². The second-order valence-corrected chi connectivity index (χ2v) is 7.12. The molecule has 0 atom stereocenters. The van der Waals surface area contributed by atoms with Gasteiger partial charge in [0.15, 0.2) is 0 Å². The smallest absolute Gasteiger partial charge is 0.308 e. The molecule has 8 nitrogen and oxygen atoms in total. The summed E-state index contributed by atoms with van der Waals surface area (Å²) in [5.74, 6) is -1.51. The van der Waals surface area contributed by atoms with Gasteiger partial charge in [-0.05, 0) is 12.1 Å². The number of aliphatic carboxylic acids is 1. The number of amides is 1. The van der Waals surface area contributed by atoms with Gasteiger partial charge in [0.1, 0.15) is 4.21 Å². The summed E-state index contributed by atoms with van der Waals surface area (Å²) in [6.07, 6.45) is -0.238. The van der Waals surface area contributed by atoms with Crippen molar-refractivity contribution < 1.29 is 27.9 Å². The lowest BCUT2D eigenvalue weighted by molar-refractivity contribution is -0.136. The van der Waals surface area contributed by atoms with Crippen LogP contribution in [0.15, 0.2) is 16.3 Å². The number of hydrogen-bond acceptors (Lipinski definition) is 6. The zero-order chi connectivity index (χ0) is 15.9. The first-order chi connectivity index (χ1) is 9.85. The number of carbonyl (C=O) groups excluding carboxylic acids is 1. The highest BCUT2D eigenvalue weighted by Gasteiger charge is 2.18. The van der Waals surface area contributed by atoms with Gasteiger partial charge in [0, 0.05) is 18.5 Å². The van der Waals surface area contributed by atoms with Crippen LogP contribution in [0.5, 0.6) is 0 Å². The van der Waals surface area contributed by atoms with Gasteiger partial charge in [-0.15, -0.1) is 11.3 Å². The Morgan fingerprint density at radius 2 is 2.10 bits per heavy atom. The highest BCUT2D eigenvalue weighted by molar-refractivity contribution is 7.91. The minimum atomic E-state index is -3.82. The van der Waals surface area contributed by atoms with E-state index in [1.165, 1.54) is 19.2 Å². The zero-order valence-electron chi connectivity index (χ0n) is 11.3. The minimum absolute atomic E-state index is 0.0246. The molecule has 0 spiro atoms. The van der Waals surface area contributed by atoms with Crippen LogP contribution >= 0.6 is 11.3 Å². The number of carboxylic acid groups (broad SMARTS) is 1. The highest BCUT2D eigenvalue weighted by atomic mass is 32.2. The predicted molar refractivity (Wildman–Crippen MR) is 75.7 cm³/mol. The van der Waals surface area contributed by atoms with Gasteiger partial charge in [-0.25, -0.2) is 13.1 Å². The predicted octanol–water partition coefficient (Wildman–Crippen LogP) is -0.584. The van der Waals surface area contributed by atoms with Crippen LogP contribution in [0.4, 0.5) is 0 Å². The summed E-state index contributed by atoms with van der Waals surface area (Å²) in [6.45, 7) is 0.235. The molecule has 1 heterocycles. The SMILES string of the molecule is COCCNC(=O)CNS(=O)(=O)c1ccc(CC(=O)O)s1. The summed E-state index contributed by atoms with van der Waals surface area (Å²) < 4.78 is 30.7. The van der Waals surface area contributed by atoms with Crippen molar-refractivity contribution in [1.29, 1.82) is 0 Å². The van der Waals surface area contributed by atoms with Gasteiger partial charge in [-0.1, -0.05) is 0 Å². The molecule has 1 amide bonds. The molecule has 21 heavy (non-hydrogen) atoms. The first-order valence-electron chi connectivity index (χ1n) is 5.91. The fourth-order valence-electron chi connectivity index (χ4n) is 1.33. The van der Waals surface area contributed by atoms with Crippen LogP contribution in [-0.4, -0.2) is 52.2 Å². The molecule has 3 N–H and O–H groups in total. The number of ether oxygens (including phenoxy) is 1. The van der Waals surface area contributed by atoms with E-state index in [0.29, 0.717) is 18.0 Å². The summed E-state index contributed by atoms with van der Waals surface area (Å²) in [4.78, 5) is 22.3. The Hall–Kier alpha value is -1.49. The van der Waals surface area contributed by atoms with Gasteiger partial charge >= 0.3 is 5.97 Å². The Kier molecular flexibility index (Phi) is 6.75. The number of sulfonamides is 1. The standard InChI is InChI=1S/C11H16N2O6S2/c1-19-5-4-12-9(14)7-13-21(17,18)11-3-2-8(20-11)6-10(15)16/h2-3,13H,4-7H2,1H3,(H,12,14)(H,15,16). The third-order valence-corrected chi connectivity index (χ3v) is 5.26. The van der Waals surface area contributed by atoms with Crippen LogP contribution in [0.3, 0.4) is 0 Å². The molecule has 0 aliphatic carbocycles. The lowest BCUT2D eigenvalue weighted by atomic mass is 10.3. The lowest BCUT2D eigenvalue weighted by Gasteiger charge is -2.06. The molecule has 0 aliphatic rings. The van der Waals surface area contributed by atoms with Crippen molar-refractivity contribution in [2.75, 3.05) is 26.8 Å². The second-order valence-electron chi connectivity index (χ2n) is 3.96. The average molecular weight is 336 g/mol. The first kappa shape index (κ1) is 17.6. The Balaban J connectivity index is 2.55. The number of carbonyl (C=O) groups is 2. The van der Waals surface area contributed by atoms with E-state index in [1.807, 2.05) is 0 Å². The molecule has 10 heteroatoms. The third-order valence-electron chi connectivity index (χ3n) is 2.28. The Bertz CT molecular complexity index is 596. The van der Waals surface area contributed by atoms with Crippen LogP contribution in [0.2, 0.25) is 0 Å². The minimum Gasteiger partial charge on any atom is -0.481 e. The molecule has 0 saturated heterocycles.